The first-order valence-electron chi connectivity index (χ1n) is 7.28. The van der Waals surface area contributed by atoms with Crippen LogP contribution in [0.25, 0.3) is 0 Å². The van der Waals surface area contributed by atoms with Crippen molar-refractivity contribution >= 4 is 17.6 Å². The molecule has 2 aromatic carbocycles. The van der Waals surface area contributed by atoms with Crippen molar-refractivity contribution in [2.45, 2.75) is 13.8 Å². The van der Waals surface area contributed by atoms with Gasteiger partial charge in [0.25, 0.3) is 5.91 Å². The number of esters is 1. The van der Waals surface area contributed by atoms with Crippen molar-refractivity contribution in [3.05, 3.63) is 58.9 Å². The van der Waals surface area contributed by atoms with Crippen LogP contribution in [0.4, 0.5) is 10.1 Å². The number of ether oxygens (including phenoxy) is 2. The van der Waals surface area contributed by atoms with Gasteiger partial charge >= 0.3 is 5.97 Å². The van der Waals surface area contributed by atoms with Crippen LogP contribution in [-0.2, 0) is 9.53 Å². The lowest BCUT2D eigenvalue weighted by Crippen LogP contribution is -2.21. The monoisotopic (exact) mass is 331 g/mol. The van der Waals surface area contributed by atoms with Gasteiger partial charge in [-0.25, -0.2) is 9.18 Å². The highest BCUT2D eigenvalue weighted by molar-refractivity contribution is 5.95. The molecule has 2 rings (SSSR count). The number of aryl methyl sites for hydroxylation is 2. The zero-order chi connectivity index (χ0) is 17.7. The predicted molar refractivity (Wildman–Crippen MR) is 87.8 cm³/mol. The Morgan fingerprint density at radius 1 is 1.12 bits per heavy atom. The molecule has 0 atom stereocenters. The number of hydrogen-bond acceptors (Lipinski definition) is 4. The Morgan fingerprint density at radius 2 is 1.88 bits per heavy atom. The summed E-state index contributed by atoms with van der Waals surface area (Å²) in [5, 5.41) is 2.36. The van der Waals surface area contributed by atoms with Crippen LogP contribution < -0.4 is 10.1 Å². The maximum absolute atomic E-state index is 13.7. The molecule has 5 nitrogen and oxygen atoms in total. The number of carbonyl (C=O) groups is 2. The van der Waals surface area contributed by atoms with Gasteiger partial charge in [0.1, 0.15) is 11.6 Å². The fourth-order valence-electron chi connectivity index (χ4n) is 2.07. The molecule has 0 spiro atoms. The van der Waals surface area contributed by atoms with Gasteiger partial charge in [-0.1, -0.05) is 12.1 Å². The summed E-state index contributed by atoms with van der Waals surface area (Å²) in [4.78, 5) is 23.7. The quantitative estimate of drug-likeness (QED) is 0.854. The Balaban J connectivity index is 1.95. The van der Waals surface area contributed by atoms with E-state index in [4.69, 9.17) is 9.47 Å². The summed E-state index contributed by atoms with van der Waals surface area (Å²) in [5.74, 6) is -1.27. The van der Waals surface area contributed by atoms with Crippen molar-refractivity contribution in [3.63, 3.8) is 0 Å². The summed E-state index contributed by atoms with van der Waals surface area (Å²) in [6.45, 7) is 3.08. The highest BCUT2D eigenvalue weighted by atomic mass is 19.1. The van der Waals surface area contributed by atoms with Crippen LogP contribution in [0, 0.1) is 19.7 Å². The van der Waals surface area contributed by atoms with Crippen LogP contribution in [0.15, 0.2) is 36.4 Å². The highest BCUT2D eigenvalue weighted by Gasteiger charge is 2.13. The number of halogens is 1. The zero-order valence-corrected chi connectivity index (χ0v) is 13.7. The van der Waals surface area contributed by atoms with E-state index in [1.165, 1.54) is 25.3 Å². The van der Waals surface area contributed by atoms with Crippen LogP contribution >= 0.6 is 0 Å². The summed E-state index contributed by atoms with van der Waals surface area (Å²) < 4.78 is 23.7. The van der Waals surface area contributed by atoms with Gasteiger partial charge in [0.15, 0.2) is 6.61 Å². The van der Waals surface area contributed by atoms with Crippen LogP contribution in [0.1, 0.15) is 21.5 Å². The molecule has 0 aliphatic carbocycles. The third-order valence-corrected chi connectivity index (χ3v) is 3.38. The minimum Gasteiger partial charge on any atom is -0.496 e. The molecule has 6 heteroatoms. The number of anilines is 1. The second-order valence-corrected chi connectivity index (χ2v) is 5.29. The molecule has 1 N–H and O–H groups in total. The van der Waals surface area contributed by atoms with E-state index in [1.807, 2.05) is 6.92 Å². The van der Waals surface area contributed by atoms with Crippen LogP contribution in [0.2, 0.25) is 0 Å². The second kappa shape index (κ2) is 7.59. The maximum atomic E-state index is 13.7. The van der Waals surface area contributed by atoms with E-state index in [-0.39, 0.29) is 11.3 Å². The average molecular weight is 331 g/mol. The lowest BCUT2D eigenvalue weighted by Gasteiger charge is -2.09. The van der Waals surface area contributed by atoms with E-state index >= 15 is 0 Å². The zero-order valence-electron chi connectivity index (χ0n) is 13.7. The van der Waals surface area contributed by atoms with Crippen molar-refractivity contribution in [1.29, 1.82) is 0 Å². The first-order valence-corrected chi connectivity index (χ1v) is 7.28. The molecular formula is C18H18FNO4. The predicted octanol–water partition coefficient (Wildman–Crippen LogP) is 3.25. The van der Waals surface area contributed by atoms with E-state index in [9.17, 15) is 14.0 Å². The fourth-order valence-corrected chi connectivity index (χ4v) is 2.07. The SMILES string of the molecule is COc1cc(C(=O)OCC(=O)Nc2ccc(C)cc2F)ccc1C. The van der Waals surface area contributed by atoms with Crippen LogP contribution in [0.5, 0.6) is 5.75 Å². The Morgan fingerprint density at radius 3 is 2.54 bits per heavy atom. The fraction of sp³-hybridized carbons (Fsp3) is 0.222. The minimum atomic E-state index is -0.659. The van der Waals surface area contributed by atoms with Crippen molar-refractivity contribution in [1.82, 2.24) is 0 Å². The molecule has 126 valence electrons. The molecule has 0 saturated heterocycles. The second-order valence-electron chi connectivity index (χ2n) is 5.29. The first-order chi connectivity index (χ1) is 11.4. The summed E-state index contributed by atoms with van der Waals surface area (Å²) in [6.07, 6.45) is 0. The van der Waals surface area contributed by atoms with E-state index in [1.54, 1.807) is 25.1 Å². The molecule has 0 radical (unpaired) electrons. The lowest BCUT2D eigenvalue weighted by atomic mass is 10.1. The number of benzene rings is 2. The van der Waals surface area contributed by atoms with Crippen molar-refractivity contribution in [2.75, 3.05) is 19.0 Å². The van der Waals surface area contributed by atoms with E-state index in [0.29, 0.717) is 5.75 Å². The normalized spacial score (nSPS) is 10.2. The molecule has 24 heavy (non-hydrogen) atoms. The average Bonchev–Trinajstić information content (AvgIpc) is 2.55. The van der Waals surface area contributed by atoms with Gasteiger partial charge < -0.3 is 14.8 Å². The molecule has 0 heterocycles. The van der Waals surface area contributed by atoms with Gasteiger partial charge in [0.2, 0.25) is 0 Å². The summed E-state index contributed by atoms with van der Waals surface area (Å²) in [6, 6.07) is 9.27. The Labute approximate surface area is 139 Å². The first kappa shape index (κ1) is 17.5. The Kier molecular flexibility index (Phi) is 5.52. The highest BCUT2D eigenvalue weighted by Crippen LogP contribution is 2.19. The Bertz CT molecular complexity index is 774. The molecule has 0 bridgehead atoms. The van der Waals surface area contributed by atoms with Crippen molar-refractivity contribution in [2.24, 2.45) is 0 Å². The molecule has 0 aliphatic rings. The van der Waals surface area contributed by atoms with Gasteiger partial charge in [-0.15, -0.1) is 0 Å². The van der Waals surface area contributed by atoms with Gasteiger partial charge in [0.05, 0.1) is 18.4 Å². The van der Waals surface area contributed by atoms with Crippen LogP contribution in [-0.4, -0.2) is 25.6 Å². The Hall–Kier alpha value is -2.89. The van der Waals surface area contributed by atoms with E-state index in [0.717, 1.165) is 11.1 Å². The topological polar surface area (TPSA) is 64.6 Å². The third kappa shape index (κ3) is 4.32. The number of carbonyl (C=O) groups excluding carboxylic acids is 2. The van der Waals surface area contributed by atoms with Gasteiger partial charge in [-0.05, 0) is 49.2 Å². The molecular weight excluding hydrogens is 313 g/mol. The molecule has 1 amide bonds. The standard InChI is InChI=1S/C18H18FNO4/c1-11-4-7-15(14(19)8-11)20-17(21)10-24-18(22)13-6-5-12(2)16(9-13)23-3/h4-9H,10H2,1-3H3,(H,20,21). The number of rotatable bonds is 5. The number of methoxy groups -OCH3 is 1. The van der Waals surface area contributed by atoms with Crippen LogP contribution in [0.3, 0.4) is 0 Å². The number of amides is 1. The van der Waals surface area contributed by atoms with Gasteiger partial charge in [-0.2, -0.15) is 0 Å². The summed E-state index contributed by atoms with van der Waals surface area (Å²) >= 11 is 0. The number of hydrogen-bond donors (Lipinski definition) is 1. The number of nitrogens with one attached hydrogen (secondary N) is 1. The largest absolute Gasteiger partial charge is 0.496 e. The molecule has 0 unspecified atom stereocenters. The van der Waals surface area contributed by atoms with E-state index in [2.05, 4.69) is 5.32 Å². The van der Waals surface area contributed by atoms with Gasteiger partial charge in [-0.3, -0.25) is 4.79 Å². The maximum Gasteiger partial charge on any atom is 0.338 e. The summed E-state index contributed by atoms with van der Waals surface area (Å²) in [7, 11) is 1.50. The molecule has 2 aromatic rings. The smallest absolute Gasteiger partial charge is 0.338 e. The third-order valence-electron chi connectivity index (χ3n) is 3.38. The molecule has 0 aliphatic heterocycles. The summed E-state index contributed by atoms with van der Waals surface area (Å²) in [5.41, 5.74) is 1.93. The van der Waals surface area contributed by atoms with Crippen molar-refractivity contribution < 1.29 is 23.5 Å². The molecule has 0 fully saturated rings. The molecule has 0 saturated carbocycles. The lowest BCUT2D eigenvalue weighted by molar-refractivity contribution is -0.119. The van der Waals surface area contributed by atoms with Crippen molar-refractivity contribution in [3.8, 4) is 5.75 Å². The van der Waals surface area contributed by atoms with Gasteiger partial charge in [0, 0.05) is 0 Å². The van der Waals surface area contributed by atoms with E-state index < -0.39 is 24.3 Å². The minimum absolute atomic E-state index is 0.0404. The molecule has 0 aromatic heterocycles.